The molecule has 0 aromatic heterocycles. The van der Waals surface area contributed by atoms with Crippen molar-refractivity contribution in [1.82, 2.24) is 0 Å². The van der Waals surface area contributed by atoms with Crippen LogP contribution in [0.2, 0.25) is 0 Å². The number of esters is 1. The van der Waals surface area contributed by atoms with Gasteiger partial charge in [0.15, 0.2) is 0 Å². The van der Waals surface area contributed by atoms with Crippen LogP contribution >= 0.6 is 0 Å². The van der Waals surface area contributed by atoms with Crippen molar-refractivity contribution in [3.63, 3.8) is 0 Å². The number of hydrogen-bond donors (Lipinski definition) is 1. The molecule has 2 atom stereocenters. The highest BCUT2D eigenvalue weighted by Gasteiger charge is 2.24. The summed E-state index contributed by atoms with van der Waals surface area (Å²) in [5.41, 5.74) is 6.88. The zero-order chi connectivity index (χ0) is 13.8. The Balaban J connectivity index is 2.40. The summed E-state index contributed by atoms with van der Waals surface area (Å²) in [7, 11) is 1.34. The predicted octanol–water partition coefficient (Wildman–Crippen LogP) is 2.61. The largest absolute Gasteiger partial charge is 0.468 e. The number of nitrogens with two attached hydrogens (primary N) is 1. The van der Waals surface area contributed by atoms with E-state index in [-0.39, 0.29) is 5.92 Å². The second-order valence-electron chi connectivity index (χ2n) is 4.42. The number of carbonyl (C=O) groups is 1. The van der Waals surface area contributed by atoms with E-state index in [2.05, 4.69) is 6.58 Å². The molecule has 19 heavy (non-hydrogen) atoms. The minimum absolute atomic E-state index is 0.253. The molecule has 0 aliphatic heterocycles. The fourth-order valence-corrected chi connectivity index (χ4v) is 2.19. The number of fused-ring (bicyclic) bond motifs is 1. The summed E-state index contributed by atoms with van der Waals surface area (Å²) >= 11 is 0. The van der Waals surface area contributed by atoms with Crippen molar-refractivity contribution >= 4 is 16.7 Å². The van der Waals surface area contributed by atoms with Gasteiger partial charge < -0.3 is 10.5 Å². The van der Waals surface area contributed by atoms with E-state index in [1.807, 2.05) is 42.5 Å². The maximum absolute atomic E-state index is 11.6. The Labute approximate surface area is 112 Å². The summed E-state index contributed by atoms with van der Waals surface area (Å²) in [5, 5.41) is 2.27. The molecule has 0 saturated carbocycles. The minimum Gasteiger partial charge on any atom is -0.468 e. The highest BCUT2D eigenvalue weighted by Crippen LogP contribution is 2.25. The van der Waals surface area contributed by atoms with E-state index in [0.717, 1.165) is 16.3 Å². The molecule has 3 nitrogen and oxygen atoms in total. The third kappa shape index (κ3) is 2.66. The zero-order valence-electron chi connectivity index (χ0n) is 10.9. The van der Waals surface area contributed by atoms with Crippen LogP contribution in [0.15, 0.2) is 55.1 Å². The maximum Gasteiger partial charge on any atom is 0.323 e. The Kier molecular flexibility index (Phi) is 3.97. The first-order chi connectivity index (χ1) is 9.17. The Morgan fingerprint density at radius 2 is 1.95 bits per heavy atom. The molecule has 98 valence electrons. The van der Waals surface area contributed by atoms with Crippen LogP contribution in [-0.2, 0) is 9.53 Å². The molecule has 0 spiro atoms. The molecule has 0 aliphatic rings. The van der Waals surface area contributed by atoms with Crippen molar-refractivity contribution in [2.75, 3.05) is 7.11 Å². The molecule has 2 aromatic rings. The van der Waals surface area contributed by atoms with Gasteiger partial charge >= 0.3 is 5.97 Å². The lowest BCUT2D eigenvalue weighted by atomic mass is 9.90. The first kappa shape index (κ1) is 13.3. The van der Waals surface area contributed by atoms with E-state index >= 15 is 0 Å². The Hall–Kier alpha value is -2.13. The minimum atomic E-state index is -0.733. The smallest absolute Gasteiger partial charge is 0.323 e. The molecule has 0 heterocycles. The van der Waals surface area contributed by atoms with Crippen molar-refractivity contribution in [1.29, 1.82) is 0 Å². The van der Waals surface area contributed by atoms with Gasteiger partial charge in [0, 0.05) is 5.92 Å². The second-order valence-corrected chi connectivity index (χ2v) is 4.42. The molecule has 0 amide bonds. The zero-order valence-corrected chi connectivity index (χ0v) is 10.9. The van der Waals surface area contributed by atoms with Crippen molar-refractivity contribution in [2.24, 2.45) is 5.73 Å². The molecular weight excluding hydrogens is 238 g/mol. The van der Waals surface area contributed by atoms with Gasteiger partial charge in [0.2, 0.25) is 0 Å². The van der Waals surface area contributed by atoms with Gasteiger partial charge in [-0.15, -0.1) is 6.58 Å². The quantitative estimate of drug-likeness (QED) is 0.675. The first-order valence-electron chi connectivity index (χ1n) is 6.12. The number of carbonyl (C=O) groups excluding carboxylic acids is 1. The molecule has 0 bridgehead atoms. The van der Waals surface area contributed by atoms with E-state index in [0.29, 0.717) is 0 Å². The second kappa shape index (κ2) is 5.67. The van der Waals surface area contributed by atoms with Crippen molar-refractivity contribution in [2.45, 2.75) is 12.0 Å². The average Bonchev–Trinajstić information content (AvgIpc) is 2.46. The fourth-order valence-electron chi connectivity index (χ4n) is 2.19. The van der Waals surface area contributed by atoms with E-state index < -0.39 is 12.0 Å². The van der Waals surface area contributed by atoms with Crippen LogP contribution in [0.5, 0.6) is 0 Å². The van der Waals surface area contributed by atoms with E-state index in [1.54, 1.807) is 6.08 Å². The summed E-state index contributed by atoms with van der Waals surface area (Å²) in [6.07, 6.45) is 1.69. The standard InChI is InChI=1S/C16H17NO2/c1-3-14(15(17)16(18)19-2)13-9-8-11-6-4-5-7-12(11)10-13/h3-10,14-15H,1,17H2,2H3. The lowest BCUT2D eigenvalue weighted by Crippen LogP contribution is -2.36. The highest BCUT2D eigenvalue weighted by molar-refractivity contribution is 5.84. The van der Waals surface area contributed by atoms with Gasteiger partial charge in [0.1, 0.15) is 6.04 Å². The predicted molar refractivity (Wildman–Crippen MR) is 76.9 cm³/mol. The van der Waals surface area contributed by atoms with Crippen LogP contribution in [0.25, 0.3) is 10.8 Å². The lowest BCUT2D eigenvalue weighted by Gasteiger charge is -2.19. The van der Waals surface area contributed by atoms with Crippen molar-refractivity contribution in [3.05, 3.63) is 60.7 Å². The van der Waals surface area contributed by atoms with Crippen molar-refractivity contribution in [3.8, 4) is 0 Å². The molecule has 2 aromatic carbocycles. The molecule has 0 fully saturated rings. The first-order valence-corrected chi connectivity index (χ1v) is 6.12. The van der Waals surface area contributed by atoms with Crippen LogP contribution in [0.1, 0.15) is 11.5 Å². The van der Waals surface area contributed by atoms with Crippen LogP contribution < -0.4 is 5.73 Å². The Bertz CT molecular complexity index is 606. The molecule has 3 heteroatoms. The number of hydrogen-bond acceptors (Lipinski definition) is 3. The third-order valence-corrected chi connectivity index (χ3v) is 3.27. The number of ether oxygens (including phenoxy) is 1. The van der Waals surface area contributed by atoms with Crippen LogP contribution in [0.3, 0.4) is 0 Å². The highest BCUT2D eigenvalue weighted by atomic mass is 16.5. The molecule has 2 N–H and O–H groups in total. The molecule has 0 saturated heterocycles. The summed E-state index contributed by atoms with van der Waals surface area (Å²) in [6, 6.07) is 13.3. The third-order valence-electron chi connectivity index (χ3n) is 3.27. The summed E-state index contributed by atoms with van der Waals surface area (Å²) < 4.78 is 4.69. The molecule has 2 rings (SSSR count). The Morgan fingerprint density at radius 3 is 2.58 bits per heavy atom. The fraction of sp³-hybridized carbons (Fsp3) is 0.188. The Morgan fingerprint density at radius 1 is 1.26 bits per heavy atom. The van der Waals surface area contributed by atoms with Crippen LogP contribution in [0, 0.1) is 0 Å². The van der Waals surface area contributed by atoms with Gasteiger partial charge in [-0.25, -0.2) is 0 Å². The topological polar surface area (TPSA) is 52.3 Å². The van der Waals surface area contributed by atoms with Crippen molar-refractivity contribution < 1.29 is 9.53 Å². The van der Waals surface area contributed by atoms with Gasteiger partial charge in [-0.05, 0) is 16.3 Å². The van der Waals surface area contributed by atoms with Crippen LogP contribution in [-0.4, -0.2) is 19.1 Å². The number of methoxy groups -OCH3 is 1. The van der Waals surface area contributed by atoms with Crippen LogP contribution in [0.4, 0.5) is 0 Å². The average molecular weight is 255 g/mol. The normalized spacial score (nSPS) is 13.8. The summed E-state index contributed by atoms with van der Waals surface area (Å²) in [5.74, 6) is -0.685. The van der Waals surface area contributed by atoms with E-state index in [1.165, 1.54) is 7.11 Å². The number of rotatable bonds is 4. The molecule has 0 aliphatic carbocycles. The lowest BCUT2D eigenvalue weighted by molar-refractivity contribution is -0.142. The molecular formula is C16H17NO2. The van der Waals surface area contributed by atoms with Gasteiger partial charge in [-0.1, -0.05) is 48.5 Å². The molecule has 0 radical (unpaired) electrons. The number of benzene rings is 2. The SMILES string of the molecule is C=CC(c1ccc2ccccc2c1)C(N)C(=O)OC. The van der Waals surface area contributed by atoms with E-state index in [9.17, 15) is 4.79 Å². The van der Waals surface area contributed by atoms with Gasteiger partial charge in [0.05, 0.1) is 7.11 Å². The van der Waals surface area contributed by atoms with Gasteiger partial charge in [-0.2, -0.15) is 0 Å². The van der Waals surface area contributed by atoms with Gasteiger partial charge in [0.25, 0.3) is 0 Å². The monoisotopic (exact) mass is 255 g/mol. The maximum atomic E-state index is 11.6. The van der Waals surface area contributed by atoms with E-state index in [4.69, 9.17) is 10.5 Å². The van der Waals surface area contributed by atoms with Gasteiger partial charge in [-0.3, -0.25) is 4.79 Å². The summed E-state index contributed by atoms with van der Waals surface area (Å²) in [4.78, 5) is 11.6. The summed E-state index contributed by atoms with van der Waals surface area (Å²) in [6.45, 7) is 3.77. The molecule has 2 unspecified atom stereocenters.